The van der Waals surface area contributed by atoms with Gasteiger partial charge in [0.1, 0.15) is 0 Å². The highest BCUT2D eigenvalue weighted by atomic mass is 32.2. The molecule has 2 heterocycles. The van der Waals surface area contributed by atoms with Crippen molar-refractivity contribution in [2.24, 2.45) is 0 Å². The summed E-state index contributed by atoms with van der Waals surface area (Å²) in [5.41, 5.74) is -0.706. The lowest BCUT2D eigenvalue weighted by molar-refractivity contribution is -0.138. The molecular formula is C11H12F3N2O2S-. The molecule has 1 atom stereocenters. The third kappa shape index (κ3) is 3.31. The average Bonchev–Trinajstić information content (AvgIpc) is 2.38. The number of aromatic nitrogens is 1. The normalized spacial score (nSPS) is 20.4. The molecule has 2 rings (SSSR count). The second-order valence-electron chi connectivity index (χ2n) is 4.35. The van der Waals surface area contributed by atoms with Crippen LogP contribution in [0.2, 0.25) is 0 Å². The molecule has 1 aliphatic heterocycles. The van der Waals surface area contributed by atoms with Gasteiger partial charge in [0.25, 0.3) is 0 Å². The minimum Gasteiger partial charge on any atom is -0.760 e. The van der Waals surface area contributed by atoms with Crippen LogP contribution < -0.4 is 0 Å². The van der Waals surface area contributed by atoms with E-state index in [0.717, 1.165) is 6.07 Å². The number of halogens is 3. The molecule has 0 spiro atoms. The summed E-state index contributed by atoms with van der Waals surface area (Å²) in [6.07, 6.45) is -2.38. The van der Waals surface area contributed by atoms with Crippen LogP contribution in [-0.2, 0) is 17.4 Å². The van der Waals surface area contributed by atoms with Gasteiger partial charge in [0, 0.05) is 36.5 Å². The summed E-state index contributed by atoms with van der Waals surface area (Å²) in [5, 5.41) is 0. The van der Waals surface area contributed by atoms with Crippen LogP contribution in [0.15, 0.2) is 18.3 Å². The number of hydrogen-bond donors (Lipinski definition) is 0. The lowest BCUT2D eigenvalue weighted by atomic mass is 9.91. The molecule has 1 unspecified atom stereocenters. The van der Waals surface area contributed by atoms with Gasteiger partial charge in [-0.15, -0.1) is 0 Å². The minimum atomic E-state index is -4.43. The van der Waals surface area contributed by atoms with Gasteiger partial charge in [-0.3, -0.25) is 9.19 Å². The Morgan fingerprint density at radius 3 is 2.53 bits per heavy atom. The van der Waals surface area contributed by atoms with E-state index in [1.807, 2.05) is 0 Å². The Morgan fingerprint density at radius 2 is 2.00 bits per heavy atom. The van der Waals surface area contributed by atoms with E-state index >= 15 is 0 Å². The van der Waals surface area contributed by atoms with Crippen molar-refractivity contribution in [3.05, 3.63) is 29.6 Å². The highest BCUT2D eigenvalue weighted by molar-refractivity contribution is 7.76. The molecule has 8 heteroatoms. The van der Waals surface area contributed by atoms with E-state index in [2.05, 4.69) is 4.98 Å². The molecule has 0 aliphatic carbocycles. The molecule has 0 radical (unpaired) electrons. The van der Waals surface area contributed by atoms with Gasteiger partial charge in [0.2, 0.25) is 0 Å². The Labute approximate surface area is 111 Å². The van der Waals surface area contributed by atoms with E-state index < -0.39 is 23.0 Å². The predicted octanol–water partition coefficient (Wildman–Crippen LogP) is 2.07. The van der Waals surface area contributed by atoms with Crippen molar-refractivity contribution in [3.63, 3.8) is 0 Å². The van der Waals surface area contributed by atoms with Crippen molar-refractivity contribution < 1.29 is 21.9 Å². The van der Waals surface area contributed by atoms with Gasteiger partial charge in [-0.1, -0.05) is 0 Å². The summed E-state index contributed by atoms with van der Waals surface area (Å²) in [6.45, 7) is 0.462. The van der Waals surface area contributed by atoms with E-state index in [-0.39, 0.29) is 24.7 Å². The highest BCUT2D eigenvalue weighted by Crippen LogP contribution is 2.37. The first kappa shape index (κ1) is 14.4. The Bertz CT molecular complexity index is 473. The molecule has 1 aliphatic rings. The standard InChI is InChI=1S/C11H13F3N2O2S/c12-11(13,14)9-2-1-5-15-10(9)8-3-6-16(7-4-8)19(17)18/h1-2,5,8H,3-4,6-7H2,(H,17,18)/p-1. The maximum atomic E-state index is 12.9. The zero-order valence-electron chi connectivity index (χ0n) is 9.89. The van der Waals surface area contributed by atoms with Gasteiger partial charge in [-0.2, -0.15) is 13.2 Å². The summed E-state index contributed by atoms with van der Waals surface area (Å²) in [4.78, 5) is 3.85. The lowest BCUT2D eigenvalue weighted by Gasteiger charge is -2.33. The Morgan fingerprint density at radius 1 is 1.37 bits per heavy atom. The minimum absolute atomic E-state index is 0.0198. The molecule has 0 amide bonds. The number of nitrogens with zero attached hydrogens (tertiary/aromatic N) is 2. The first-order valence-electron chi connectivity index (χ1n) is 5.76. The average molecular weight is 293 g/mol. The van der Waals surface area contributed by atoms with Crippen LogP contribution >= 0.6 is 0 Å². The van der Waals surface area contributed by atoms with Crippen LogP contribution in [0.1, 0.15) is 30.0 Å². The number of rotatable bonds is 2. The van der Waals surface area contributed by atoms with Crippen molar-refractivity contribution in [1.29, 1.82) is 0 Å². The highest BCUT2D eigenvalue weighted by Gasteiger charge is 2.36. The summed E-state index contributed by atoms with van der Waals surface area (Å²) in [7, 11) is 0. The fraction of sp³-hybridized carbons (Fsp3) is 0.545. The number of hydrogen-bond acceptors (Lipinski definition) is 3. The molecule has 0 saturated carbocycles. The Balaban J connectivity index is 2.18. The largest absolute Gasteiger partial charge is 0.760 e. The monoisotopic (exact) mass is 293 g/mol. The fourth-order valence-electron chi connectivity index (χ4n) is 2.26. The maximum Gasteiger partial charge on any atom is 0.418 e. The second-order valence-corrected chi connectivity index (χ2v) is 5.30. The third-order valence-electron chi connectivity index (χ3n) is 3.20. The zero-order valence-corrected chi connectivity index (χ0v) is 10.7. The topological polar surface area (TPSA) is 56.3 Å². The predicted molar refractivity (Wildman–Crippen MR) is 61.7 cm³/mol. The summed E-state index contributed by atoms with van der Waals surface area (Å²) in [6, 6.07) is 2.27. The zero-order chi connectivity index (χ0) is 14.0. The van der Waals surface area contributed by atoms with Crippen LogP contribution in [0.4, 0.5) is 13.2 Å². The van der Waals surface area contributed by atoms with E-state index in [1.165, 1.54) is 16.6 Å². The SMILES string of the molecule is O=S([O-])N1CCC(c2ncccc2C(F)(F)F)CC1. The molecule has 1 fully saturated rings. The molecule has 1 aromatic rings. The van der Waals surface area contributed by atoms with E-state index in [4.69, 9.17) is 0 Å². The fourth-order valence-corrected chi connectivity index (χ4v) is 2.77. The molecule has 19 heavy (non-hydrogen) atoms. The van der Waals surface area contributed by atoms with Gasteiger partial charge < -0.3 is 4.55 Å². The second kappa shape index (κ2) is 5.56. The van der Waals surface area contributed by atoms with Gasteiger partial charge in [-0.25, -0.2) is 4.31 Å². The first-order valence-corrected chi connectivity index (χ1v) is 6.79. The van der Waals surface area contributed by atoms with E-state index in [0.29, 0.717) is 12.8 Å². The molecule has 1 aromatic heterocycles. The Kier molecular flexibility index (Phi) is 4.22. The third-order valence-corrected chi connectivity index (χ3v) is 3.98. The maximum absolute atomic E-state index is 12.9. The molecular weight excluding hydrogens is 281 g/mol. The summed E-state index contributed by atoms with van der Waals surface area (Å²) in [5.74, 6) is -0.349. The van der Waals surface area contributed by atoms with E-state index in [9.17, 15) is 21.9 Å². The number of alkyl halides is 3. The van der Waals surface area contributed by atoms with Crippen LogP contribution in [0.25, 0.3) is 0 Å². The van der Waals surface area contributed by atoms with Crippen molar-refractivity contribution in [2.75, 3.05) is 13.1 Å². The van der Waals surface area contributed by atoms with Crippen molar-refractivity contribution in [1.82, 2.24) is 9.29 Å². The van der Waals surface area contributed by atoms with Crippen molar-refractivity contribution >= 4 is 11.3 Å². The van der Waals surface area contributed by atoms with Crippen molar-refractivity contribution in [2.45, 2.75) is 24.9 Å². The summed E-state index contributed by atoms with van der Waals surface area (Å²) < 4.78 is 61.3. The van der Waals surface area contributed by atoms with Crippen LogP contribution in [0.3, 0.4) is 0 Å². The molecule has 1 saturated heterocycles. The first-order chi connectivity index (χ1) is 8.89. The summed E-state index contributed by atoms with van der Waals surface area (Å²) >= 11 is -2.31. The number of piperidine rings is 1. The molecule has 106 valence electrons. The van der Waals surface area contributed by atoms with Crippen LogP contribution in [-0.4, -0.2) is 31.1 Å². The quantitative estimate of drug-likeness (QED) is 0.784. The van der Waals surface area contributed by atoms with Crippen LogP contribution in [0, 0.1) is 0 Å². The van der Waals surface area contributed by atoms with Crippen molar-refractivity contribution in [3.8, 4) is 0 Å². The molecule has 0 aromatic carbocycles. The molecule has 0 bridgehead atoms. The lowest BCUT2D eigenvalue weighted by Crippen LogP contribution is -2.34. The van der Waals surface area contributed by atoms with Gasteiger partial charge >= 0.3 is 6.18 Å². The van der Waals surface area contributed by atoms with Gasteiger partial charge in [0.15, 0.2) is 0 Å². The van der Waals surface area contributed by atoms with Gasteiger partial charge in [0.05, 0.1) is 11.3 Å². The van der Waals surface area contributed by atoms with Crippen LogP contribution in [0.5, 0.6) is 0 Å². The number of pyridine rings is 1. The smallest absolute Gasteiger partial charge is 0.418 e. The molecule has 0 N–H and O–H groups in total. The molecule has 4 nitrogen and oxygen atoms in total. The Hall–Kier alpha value is -0.990. The van der Waals surface area contributed by atoms with Gasteiger partial charge in [-0.05, 0) is 25.0 Å². The van der Waals surface area contributed by atoms with E-state index in [1.54, 1.807) is 0 Å².